The van der Waals surface area contributed by atoms with Crippen LogP contribution in [0.15, 0.2) is 30.3 Å². The third kappa shape index (κ3) is 5.33. The summed E-state index contributed by atoms with van der Waals surface area (Å²) in [5.74, 6) is 0.316. The van der Waals surface area contributed by atoms with Gasteiger partial charge in [-0.15, -0.1) is 0 Å². The lowest BCUT2D eigenvalue weighted by atomic mass is 10.0. The second kappa shape index (κ2) is 6.36. The maximum Gasteiger partial charge on any atom is 0.133 e. The van der Waals surface area contributed by atoms with Crippen LogP contribution in [0.5, 0.6) is 0 Å². The van der Waals surface area contributed by atoms with Crippen LogP contribution in [0.25, 0.3) is 0 Å². The summed E-state index contributed by atoms with van der Waals surface area (Å²) in [4.78, 5) is 11.5. The van der Waals surface area contributed by atoms with Crippen molar-refractivity contribution >= 4 is 5.78 Å². The van der Waals surface area contributed by atoms with Crippen molar-refractivity contribution in [1.82, 2.24) is 0 Å². The fourth-order valence-corrected chi connectivity index (χ4v) is 1.44. The van der Waals surface area contributed by atoms with Gasteiger partial charge in [0.25, 0.3) is 0 Å². The van der Waals surface area contributed by atoms with Crippen molar-refractivity contribution in [3.8, 4) is 0 Å². The minimum Gasteiger partial charge on any atom is -0.328 e. The van der Waals surface area contributed by atoms with E-state index in [4.69, 9.17) is 5.73 Å². The van der Waals surface area contributed by atoms with Crippen molar-refractivity contribution in [2.24, 2.45) is 5.73 Å². The summed E-state index contributed by atoms with van der Waals surface area (Å²) >= 11 is 0. The topological polar surface area (TPSA) is 43.1 Å². The lowest BCUT2D eigenvalue weighted by Gasteiger charge is -2.04. The third-order valence-corrected chi connectivity index (χ3v) is 2.41. The highest BCUT2D eigenvalue weighted by molar-refractivity contribution is 5.78. The summed E-state index contributed by atoms with van der Waals surface area (Å²) in [6, 6.07) is 10.2. The molecule has 1 unspecified atom stereocenters. The number of ketones is 1. The van der Waals surface area contributed by atoms with Gasteiger partial charge in [-0.05, 0) is 25.3 Å². The van der Waals surface area contributed by atoms with E-state index < -0.39 is 0 Å². The molecule has 2 heteroatoms. The highest BCUT2D eigenvalue weighted by Gasteiger charge is 2.04. The summed E-state index contributed by atoms with van der Waals surface area (Å²) < 4.78 is 0. The molecule has 1 rings (SSSR count). The molecule has 0 amide bonds. The van der Waals surface area contributed by atoms with Gasteiger partial charge >= 0.3 is 0 Å². The zero-order chi connectivity index (χ0) is 11.1. The zero-order valence-corrected chi connectivity index (χ0v) is 9.28. The lowest BCUT2D eigenvalue weighted by Crippen LogP contribution is -2.16. The molecule has 0 saturated heterocycles. The van der Waals surface area contributed by atoms with Crippen LogP contribution in [0, 0.1) is 0 Å². The first-order valence-electron chi connectivity index (χ1n) is 5.49. The van der Waals surface area contributed by atoms with E-state index in [2.05, 4.69) is 12.1 Å². The summed E-state index contributed by atoms with van der Waals surface area (Å²) in [7, 11) is 0. The van der Waals surface area contributed by atoms with Crippen LogP contribution in [0.3, 0.4) is 0 Å². The molecule has 0 aromatic heterocycles. The summed E-state index contributed by atoms with van der Waals surface area (Å²) in [5, 5.41) is 0. The molecule has 2 nitrogen and oxygen atoms in total. The van der Waals surface area contributed by atoms with Gasteiger partial charge in [-0.2, -0.15) is 0 Å². The second-order valence-corrected chi connectivity index (χ2v) is 4.04. The second-order valence-electron chi connectivity index (χ2n) is 4.04. The third-order valence-electron chi connectivity index (χ3n) is 2.41. The molecular formula is C13H19NO. The Morgan fingerprint density at radius 1 is 1.27 bits per heavy atom. The first kappa shape index (κ1) is 11.9. The maximum absolute atomic E-state index is 11.5. The summed E-state index contributed by atoms with van der Waals surface area (Å²) in [6.07, 6.45) is 2.90. The smallest absolute Gasteiger partial charge is 0.133 e. The number of rotatable bonds is 6. The number of benzene rings is 1. The van der Waals surface area contributed by atoms with Crippen molar-refractivity contribution in [2.45, 2.75) is 38.6 Å². The Kier molecular flexibility index (Phi) is 5.05. The van der Waals surface area contributed by atoms with Gasteiger partial charge < -0.3 is 5.73 Å². The highest BCUT2D eigenvalue weighted by atomic mass is 16.1. The number of nitrogens with two attached hydrogens (primary N) is 1. The van der Waals surface area contributed by atoms with E-state index >= 15 is 0 Å². The molecule has 1 aromatic carbocycles. The monoisotopic (exact) mass is 205 g/mol. The van der Waals surface area contributed by atoms with Crippen LogP contribution < -0.4 is 5.73 Å². The number of Topliss-reactive ketones (excluding diaryl/α,β-unsaturated/α-hetero) is 1. The van der Waals surface area contributed by atoms with Crippen molar-refractivity contribution in [1.29, 1.82) is 0 Å². The molecule has 0 saturated carbocycles. The van der Waals surface area contributed by atoms with E-state index in [-0.39, 0.29) is 6.04 Å². The fourth-order valence-electron chi connectivity index (χ4n) is 1.44. The van der Waals surface area contributed by atoms with Gasteiger partial charge in [0.05, 0.1) is 0 Å². The predicted molar refractivity (Wildman–Crippen MR) is 62.7 cm³/mol. The Morgan fingerprint density at radius 3 is 2.53 bits per heavy atom. The van der Waals surface area contributed by atoms with E-state index in [1.807, 2.05) is 25.1 Å². The predicted octanol–water partition coefficient (Wildman–Crippen LogP) is 2.32. The van der Waals surface area contributed by atoms with Gasteiger partial charge in [0.2, 0.25) is 0 Å². The van der Waals surface area contributed by atoms with Crippen LogP contribution in [-0.4, -0.2) is 11.8 Å². The first-order chi connectivity index (χ1) is 7.18. The number of carbonyl (C=O) groups excluding carboxylic acids is 1. The van der Waals surface area contributed by atoms with Crippen LogP contribution in [0.2, 0.25) is 0 Å². The van der Waals surface area contributed by atoms with Crippen LogP contribution in [0.1, 0.15) is 31.7 Å². The average molecular weight is 205 g/mol. The SMILES string of the molecule is CC(N)CCC(=O)CCc1ccccc1. The first-order valence-corrected chi connectivity index (χ1v) is 5.49. The molecule has 0 aliphatic carbocycles. The van der Waals surface area contributed by atoms with Gasteiger partial charge in [-0.3, -0.25) is 4.79 Å². The van der Waals surface area contributed by atoms with Gasteiger partial charge in [-0.25, -0.2) is 0 Å². The minimum absolute atomic E-state index is 0.130. The molecule has 1 aromatic rings. The molecule has 0 bridgehead atoms. The van der Waals surface area contributed by atoms with Crippen molar-refractivity contribution in [3.05, 3.63) is 35.9 Å². The van der Waals surface area contributed by atoms with Crippen molar-refractivity contribution in [2.75, 3.05) is 0 Å². The van der Waals surface area contributed by atoms with Gasteiger partial charge in [0.15, 0.2) is 0 Å². The molecule has 0 heterocycles. The minimum atomic E-state index is 0.130. The molecule has 0 fully saturated rings. The van der Waals surface area contributed by atoms with Crippen LogP contribution >= 0.6 is 0 Å². The van der Waals surface area contributed by atoms with Gasteiger partial charge in [0.1, 0.15) is 5.78 Å². The van der Waals surface area contributed by atoms with Gasteiger partial charge in [0, 0.05) is 18.9 Å². The zero-order valence-electron chi connectivity index (χ0n) is 9.28. The molecule has 1 atom stereocenters. The van der Waals surface area contributed by atoms with E-state index in [1.165, 1.54) is 5.56 Å². The van der Waals surface area contributed by atoms with Crippen LogP contribution in [-0.2, 0) is 11.2 Å². The quantitative estimate of drug-likeness (QED) is 0.774. The molecule has 82 valence electrons. The number of aryl methyl sites for hydroxylation is 1. The number of hydrogen-bond acceptors (Lipinski definition) is 2. The molecule has 15 heavy (non-hydrogen) atoms. The van der Waals surface area contributed by atoms with Crippen molar-refractivity contribution < 1.29 is 4.79 Å². The molecular weight excluding hydrogens is 186 g/mol. The number of hydrogen-bond donors (Lipinski definition) is 1. The summed E-state index contributed by atoms with van der Waals surface area (Å²) in [5.41, 5.74) is 6.82. The van der Waals surface area contributed by atoms with Crippen molar-refractivity contribution in [3.63, 3.8) is 0 Å². The Hall–Kier alpha value is -1.15. The maximum atomic E-state index is 11.5. The molecule has 0 aliphatic rings. The Bertz CT molecular complexity index is 293. The summed E-state index contributed by atoms with van der Waals surface area (Å²) in [6.45, 7) is 1.93. The largest absolute Gasteiger partial charge is 0.328 e. The van der Waals surface area contributed by atoms with Gasteiger partial charge in [-0.1, -0.05) is 30.3 Å². The van der Waals surface area contributed by atoms with Crippen LogP contribution in [0.4, 0.5) is 0 Å². The average Bonchev–Trinajstić information content (AvgIpc) is 2.25. The van der Waals surface area contributed by atoms with E-state index in [0.29, 0.717) is 18.6 Å². The fraction of sp³-hybridized carbons (Fsp3) is 0.462. The van der Waals surface area contributed by atoms with E-state index in [0.717, 1.165) is 12.8 Å². The lowest BCUT2D eigenvalue weighted by molar-refractivity contribution is -0.119. The molecule has 2 N–H and O–H groups in total. The molecule has 0 radical (unpaired) electrons. The van der Waals surface area contributed by atoms with E-state index in [1.54, 1.807) is 0 Å². The standard InChI is InChI=1S/C13H19NO/c1-11(14)7-9-13(15)10-8-12-5-3-2-4-6-12/h2-6,11H,7-10,14H2,1H3. The Labute approximate surface area is 91.5 Å². The van der Waals surface area contributed by atoms with E-state index in [9.17, 15) is 4.79 Å². The number of carbonyl (C=O) groups is 1. The highest BCUT2D eigenvalue weighted by Crippen LogP contribution is 2.05. The normalized spacial score (nSPS) is 12.4. The Balaban J connectivity index is 2.23. The Morgan fingerprint density at radius 2 is 1.93 bits per heavy atom. The molecule has 0 aliphatic heterocycles. The molecule has 0 spiro atoms.